The number of allylic oxidation sites excluding steroid dienone is 1. The van der Waals surface area contributed by atoms with Gasteiger partial charge in [-0.3, -0.25) is 4.79 Å². The maximum atomic E-state index is 11.9. The molecule has 21 heavy (non-hydrogen) atoms. The van der Waals surface area contributed by atoms with E-state index in [1.54, 1.807) is 37.4 Å². The highest BCUT2D eigenvalue weighted by atomic mass is 16.6. The molecule has 1 atom stereocenters. The molecule has 0 aliphatic carbocycles. The predicted octanol–water partition coefficient (Wildman–Crippen LogP) is 2.06. The number of oxime groups is 1. The average molecular weight is 287 g/mol. The molecule has 2 rings (SSSR count). The van der Waals surface area contributed by atoms with Crippen molar-refractivity contribution in [2.45, 2.75) is 19.9 Å². The van der Waals surface area contributed by atoms with Gasteiger partial charge in [0.05, 0.1) is 11.9 Å². The summed E-state index contributed by atoms with van der Waals surface area (Å²) in [6.07, 6.45) is 5.30. The number of imide groups is 1. The molecule has 1 N–H and O–H groups in total. The average Bonchev–Trinajstić information content (AvgIpc) is 2.73. The van der Waals surface area contributed by atoms with Crippen LogP contribution in [-0.4, -0.2) is 30.8 Å². The van der Waals surface area contributed by atoms with Gasteiger partial charge in [0.15, 0.2) is 0 Å². The molecule has 6 nitrogen and oxygen atoms in total. The van der Waals surface area contributed by atoms with E-state index in [1.807, 2.05) is 19.1 Å². The van der Waals surface area contributed by atoms with E-state index in [4.69, 9.17) is 4.84 Å². The summed E-state index contributed by atoms with van der Waals surface area (Å²) in [5.41, 5.74) is 1.35. The molecule has 1 unspecified atom stereocenters. The Bertz CT molecular complexity index is 578. The number of hydrogen-bond donors (Lipinski definition) is 1. The molecule has 1 aromatic carbocycles. The minimum absolute atomic E-state index is 0.254. The lowest BCUT2D eigenvalue weighted by atomic mass is 10.2. The zero-order chi connectivity index (χ0) is 15.2. The minimum atomic E-state index is -0.487. The number of benzene rings is 1. The summed E-state index contributed by atoms with van der Waals surface area (Å²) in [6.45, 7) is 3.98. The third-order valence-electron chi connectivity index (χ3n) is 2.97. The Labute approximate surface area is 123 Å². The van der Waals surface area contributed by atoms with Crippen LogP contribution in [0.2, 0.25) is 0 Å². The number of amides is 3. The van der Waals surface area contributed by atoms with Crippen molar-refractivity contribution in [3.8, 4) is 0 Å². The summed E-state index contributed by atoms with van der Waals surface area (Å²) in [5, 5.41) is 6.38. The molecule has 110 valence electrons. The predicted molar refractivity (Wildman–Crippen MR) is 80.3 cm³/mol. The van der Waals surface area contributed by atoms with Crippen molar-refractivity contribution in [2.75, 3.05) is 11.5 Å². The number of urea groups is 1. The van der Waals surface area contributed by atoms with Crippen molar-refractivity contribution in [2.24, 2.45) is 5.16 Å². The van der Waals surface area contributed by atoms with Crippen LogP contribution in [0.5, 0.6) is 0 Å². The van der Waals surface area contributed by atoms with Crippen LogP contribution in [0.3, 0.4) is 0 Å². The summed E-state index contributed by atoms with van der Waals surface area (Å²) in [5.74, 6) is -0.254. The molecule has 1 aromatic rings. The molecule has 1 aliphatic rings. The molecule has 1 fully saturated rings. The van der Waals surface area contributed by atoms with Crippen LogP contribution >= 0.6 is 0 Å². The van der Waals surface area contributed by atoms with E-state index in [1.165, 1.54) is 0 Å². The normalized spacial score (nSPS) is 18.8. The number of carbonyl (C=O) groups excluding carboxylic acids is 2. The van der Waals surface area contributed by atoms with E-state index in [0.717, 1.165) is 10.5 Å². The van der Waals surface area contributed by atoms with Crippen LogP contribution in [0.4, 0.5) is 10.5 Å². The summed E-state index contributed by atoms with van der Waals surface area (Å²) in [7, 11) is 0. The number of hydrogen-bond acceptors (Lipinski definition) is 4. The van der Waals surface area contributed by atoms with Crippen LogP contribution in [0.15, 0.2) is 41.6 Å². The van der Waals surface area contributed by atoms with Crippen LogP contribution in [-0.2, 0) is 9.63 Å². The van der Waals surface area contributed by atoms with Crippen molar-refractivity contribution in [3.05, 3.63) is 42.0 Å². The van der Waals surface area contributed by atoms with Gasteiger partial charge < -0.3 is 10.2 Å². The fraction of sp³-hybridized carbons (Fsp3) is 0.267. The first kappa shape index (κ1) is 14.8. The molecule has 0 radical (unpaired) electrons. The second-order valence-corrected chi connectivity index (χ2v) is 4.54. The number of rotatable bonds is 5. The molecule has 0 saturated carbocycles. The first-order chi connectivity index (χ1) is 10.1. The zero-order valence-electron chi connectivity index (χ0n) is 11.9. The third-order valence-corrected chi connectivity index (χ3v) is 2.97. The first-order valence-electron chi connectivity index (χ1n) is 6.64. The Morgan fingerprint density at radius 3 is 2.62 bits per heavy atom. The van der Waals surface area contributed by atoms with Gasteiger partial charge in [0, 0.05) is 0 Å². The van der Waals surface area contributed by atoms with E-state index in [0.29, 0.717) is 12.3 Å². The number of nitrogens with one attached hydrogen (secondary N) is 1. The molecular weight excluding hydrogens is 270 g/mol. The van der Waals surface area contributed by atoms with Crippen molar-refractivity contribution in [3.63, 3.8) is 0 Å². The maximum absolute atomic E-state index is 11.9. The monoisotopic (exact) mass is 287 g/mol. The van der Waals surface area contributed by atoms with Crippen molar-refractivity contribution < 1.29 is 14.4 Å². The lowest BCUT2D eigenvalue weighted by Gasteiger charge is -2.12. The van der Waals surface area contributed by atoms with Crippen molar-refractivity contribution >= 4 is 23.8 Å². The fourth-order valence-electron chi connectivity index (χ4n) is 1.84. The standard InChI is InChI=1S/C15H17N3O3/c1-3-4-9-21-16-10-12-5-7-13(8-6-12)18-14(19)11(2)17-15(18)20/h3-8,10-11H,9H2,1-2H3,(H,17,20)/b4-3+,16-10?. The Morgan fingerprint density at radius 1 is 1.33 bits per heavy atom. The molecule has 3 amide bonds. The lowest BCUT2D eigenvalue weighted by Crippen LogP contribution is -2.30. The number of anilines is 1. The van der Waals surface area contributed by atoms with Crippen LogP contribution in [0, 0.1) is 0 Å². The van der Waals surface area contributed by atoms with E-state index in [9.17, 15) is 9.59 Å². The molecular formula is C15H17N3O3. The van der Waals surface area contributed by atoms with Gasteiger partial charge in [0.2, 0.25) is 0 Å². The van der Waals surface area contributed by atoms with E-state index in [-0.39, 0.29) is 5.91 Å². The zero-order valence-corrected chi connectivity index (χ0v) is 11.9. The number of nitrogens with zero attached hydrogens (tertiary/aromatic N) is 2. The molecule has 1 saturated heterocycles. The van der Waals surface area contributed by atoms with Gasteiger partial charge >= 0.3 is 6.03 Å². The molecule has 1 heterocycles. The second kappa shape index (κ2) is 6.69. The highest BCUT2D eigenvalue weighted by molar-refractivity contribution is 6.21. The topological polar surface area (TPSA) is 71.0 Å². The van der Waals surface area contributed by atoms with Gasteiger partial charge in [-0.15, -0.1) is 0 Å². The highest BCUT2D eigenvalue weighted by Crippen LogP contribution is 2.19. The summed E-state index contributed by atoms with van der Waals surface area (Å²) in [4.78, 5) is 29.7. The SMILES string of the molecule is C/C=C/CON=Cc1ccc(N2C(=O)NC(C)C2=O)cc1. The molecule has 0 spiro atoms. The highest BCUT2D eigenvalue weighted by Gasteiger charge is 2.35. The third kappa shape index (κ3) is 3.47. The Hall–Kier alpha value is -2.63. The summed E-state index contributed by atoms with van der Waals surface area (Å²) < 4.78 is 0. The van der Waals surface area contributed by atoms with Gasteiger partial charge in [0.1, 0.15) is 12.6 Å². The van der Waals surface area contributed by atoms with Gasteiger partial charge in [-0.2, -0.15) is 0 Å². The fourth-order valence-corrected chi connectivity index (χ4v) is 1.84. The largest absolute Gasteiger partial charge is 0.392 e. The maximum Gasteiger partial charge on any atom is 0.329 e. The van der Waals surface area contributed by atoms with Gasteiger partial charge in [0.25, 0.3) is 5.91 Å². The quantitative estimate of drug-likeness (QED) is 0.296. The smallest absolute Gasteiger partial charge is 0.329 e. The molecule has 1 aliphatic heterocycles. The van der Waals surface area contributed by atoms with Crippen molar-refractivity contribution in [1.29, 1.82) is 0 Å². The Balaban J connectivity index is 2.02. The van der Waals surface area contributed by atoms with Gasteiger partial charge in [-0.25, -0.2) is 9.69 Å². The second-order valence-electron chi connectivity index (χ2n) is 4.54. The van der Waals surface area contributed by atoms with Crippen LogP contribution in [0.1, 0.15) is 19.4 Å². The first-order valence-corrected chi connectivity index (χ1v) is 6.64. The van der Waals surface area contributed by atoms with Crippen molar-refractivity contribution in [1.82, 2.24) is 5.32 Å². The molecule has 0 bridgehead atoms. The van der Waals surface area contributed by atoms with E-state index < -0.39 is 12.1 Å². The van der Waals surface area contributed by atoms with Gasteiger partial charge in [-0.05, 0) is 37.6 Å². The molecule has 0 aromatic heterocycles. The molecule has 6 heteroatoms. The Kier molecular flexibility index (Phi) is 4.71. The lowest BCUT2D eigenvalue weighted by molar-refractivity contribution is -0.117. The summed E-state index contributed by atoms with van der Waals surface area (Å²) >= 11 is 0. The van der Waals surface area contributed by atoms with Crippen LogP contribution < -0.4 is 10.2 Å². The Morgan fingerprint density at radius 2 is 2.05 bits per heavy atom. The van der Waals surface area contributed by atoms with E-state index >= 15 is 0 Å². The van der Waals surface area contributed by atoms with E-state index in [2.05, 4.69) is 10.5 Å². The van der Waals surface area contributed by atoms with Crippen LogP contribution in [0.25, 0.3) is 0 Å². The number of carbonyl (C=O) groups is 2. The minimum Gasteiger partial charge on any atom is -0.392 e. The summed E-state index contributed by atoms with van der Waals surface area (Å²) in [6, 6.07) is 6.04. The van der Waals surface area contributed by atoms with Gasteiger partial charge in [-0.1, -0.05) is 23.4 Å².